The lowest BCUT2D eigenvalue weighted by Crippen LogP contribution is -2.43. The van der Waals surface area contributed by atoms with Gasteiger partial charge in [-0.2, -0.15) is 0 Å². The number of carbonyl (C=O) groups excluding carboxylic acids is 1. The average Bonchev–Trinajstić information content (AvgIpc) is 2.66. The van der Waals surface area contributed by atoms with Gasteiger partial charge in [0.05, 0.1) is 25.7 Å². The number of amides is 1. The topological polar surface area (TPSA) is 85.3 Å². The van der Waals surface area contributed by atoms with Gasteiger partial charge < -0.3 is 24.2 Å². The molecule has 0 spiro atoms. The number of benzene rings is 1. The van der Waals surface area contributed by atoms with E-state index in [1.807, 2.05) is 0 Å². The molecule has 1 aliphatic heterocycles. The van der Waals surface area contributed by atoms with Crippen molar-refractivity contribution in [2.45, 2.75) is 25.3 Å². The summed E-state index contributed by atoms with van der Waals surface area (Å²) in [5, 5.41) is 9.34. The van der Waals surface area contributed by atoms with Crippen LogP contribution in [-0.4, -0.2) is 61.9 Å². The van der Waals surface area contributed by atoms with Gasteiger partial charge in [0.15, 0.2) is 11.5 Å². The lowest BCUT2D eigenvalue weighted by Gasteiger charge is -2.33. The summed E-state index contributed by atoms with van der Waals surface area (Å²) >= 11 is 6.18. The molecule has 0 bridgehead atoms. The van der Waals surface area contributed by atoms with Crippen LogP contribution in [0.15, 0.2) is 18.2 Å². The molecule has 0 radical (unpaired) electrons. The molecule has 0 unspecified atom stereocenters. The van der Waals surface area contributed by atoms with Gasteiger partial charge >= 0.3 is 5.97 Å². The number of rotatable bonds is 8. The Morgan fingerprint density at radius 2 is 2.00 bits per heavy atom. The number of aliphatic carboxylic acids is 1. The molecule has 0 aromatic heterocycles. The van der Waals surface area contributed by atoms with Crippen LogP contribution in [0.3, 0.4) is 0 Å². The molecule has 7 nitrogen and oxygen atoms in total. The Hall–Kier alpha value is -2.25. The SMILES string of the molecule is COc1cc(/C=C/C(=O)N(CCC(=O)O)C2CCOCC2)cc(Cl)c1OC. The monoisotopic (exact) mass is 397 g/mol. The predicted molar refractivity (Wildman–Crippen MR) is 101 cm³/mol. The third kappa shape index (κ3) is 5.87. The van der Waals surface area contributed by atoms with Crippen LogP contribution >= 0.6 is 11.6 Å². The largest absolute Gasteiger partial charge is 0.493 e. The Bertz CT molecular complexity index is 700. The first kappa shape index (κ1) is 21.1. The Morgan fingerprint density at radius 3 is 2.59 bits per heavy atom. The van der Waals surface area contributed by atoms with E-state index in [-0.39, 0.29) is 24.9 Å². The first-order valence-corrected chi connectivity index (χ1v) is 9.03. The van der Waals surface area contributed by atoms with Crippen LogP contribution in [0.5, 0.6) is 11.5 Å². The van der Waals surface area contributed by atoms with Gasteiger partial charge in [0.25, 0.3) is 0 Å². The van der Waals surface area contributed by atoms with Crippen molar-refractivity contribution in [3.05, 3.63) is 28.8 Å². The van der Waals surface area contributed by atoms with Crippen molar-refractivity contribution in [3.63, 3.8) is 0 Å². The predicted octanol–water partition coefficient (Wildman–Crippen LogP) is 2.85. The zero-order chi connectivity index (χ0) is 19.8. The van der Waals surface area contributed by atoms with Crippen molar-refractivity contribution >= 4 is 29.6 Å². The Labute approximate surface area is 163 Å². The van der Waals surface area contributed by atoms with Crippen molar-refractivity contribution in [2.24, 2.45) is 0 Å². The van der Waals surface area contributed by atoms with E-state index in [1.54, 1.807) is 23.1 Å². The van der Waals surface area contributed by atoms with Gasteiger partial charge in [0, 0.05) is 31.9 Å². The molecule has 1 fully saturated rings. The summed E-state index contributed by atoms with van der Waals surface area (Å²) in [5.41, 5.74) is 0.677. The van der Waals surface area contributed by atoms with Gasteiger partial charge in [0.2, 0.25) is 5.91 Å². The molecule has 8 heteroatoms. The minimum Gasteiger partial charge on any atom is -0.493 e. The molecule has 0 aliphatic carbocycles. The molecule has 27 heavy (non-hydrogen) atoms. The van der Waals surface area contributed by atoms with E-state index in [4.69, 9.17) is 30.9 Å². The highest BCUT2D eigenvalue weighted by Gasteiger charge is 2.25. The molecule has 1 N–H and O–H groups in total. The van der Waals surface area contributed by atoms with Gasteiger partial charge in [-0.05, 0) is 36.6 Å². The molecule has 1 heterocycles. The molecule has 0 saturated carbocycles. The van der Waals surface area contributed by atoms with Gasteiger partial charge in [-0.1, -0.05) is 11.6 Å². The van der Waals surface area contributed by atoms with Gasteiger partial charge in [-0.3, -0.25) is 9.59 Å². The maximum atomic E-state index is 12.7. The highest BCUT2D eigenvalue weighted by Crippen LogP contribution is 2.36. The molecular weight excluding hydrogens is 374 g/mol. The number of nitrogens with zero attached hydrogens (tertiary/aromatic N) is 1. The van der Waals surface area contributed by atoms with Crippen LogP contribution in [0.4, 0.5) is 0 Å². The number of hydrogen-bond acceptors (Lipinski definition) is 5. The van der Waals surface area contributed by atoms with E-state index < -0.39 is 5.97 Å². The maximum absolute atomic E-state index is 12.7. The van der Waals surface area contributed by atoms with Crippen LogP contribution in [0.25, 0.3) is 6.08 Å². The van der Waals surface area contributed by atoms with Crippen LogP contribution in [0, 0.1) is 0 Å². The van der Waals surface area contributed by atoms with E-state index in [9.17, 15) is 9.59 Å². The van der Waals surface area contributed by atoms with Crippen molar-refractivity contribution in [1.29, 1.82) is 0 Å². The summed E-state index contributed by atoms with van der Waals surface area (Å²) in [7, 11) is 3.00. The highest BCUT2D eigenvalue weighted by atomic mass is 35.5. The molecule has 0 atom stereocenters. The maximum Gasteiger partial charge on any atom is 0.305 e. The number of halogens is 1. The molecule has 1 aliphatic rings. The third-order valence-electron chi connectivity index (χ3n) is 4.36. The molecule has 1 saturated heterocycles. The first-order valence-electron chi connectivity index (χ1n) is 8.66. The fourth-order valence-electron chi connectivity index (χ4n) is 2.98. The second-order valence-corrected chi connectivity index (χ2v) is 6.50. The summed E-state index contributed by atoms with van der Waals surface area (Å²) in [6, 6.07) is 3.36. The number of ether oxygens (including phenoxy) is 3. The minimum atomic E-state index is -0.935. The van der Waals surface area contributed by atoms with E-state index in [1.165, 1.54) is 20.3 Å². The fraction of sp³-hybridized carbons (Fsp3) is 0.474. The standard InChI is InChI=1S/C19H24ClNO6/c1-25-16-12-13(11-15(20)19(16)26-2)3-4-17(22)21(8-5-18(23)24)14-6-9-27-10-7-14/h3-4,11-12,14H,5-10H2,1-2H3,(H,23,24)/b4-3+. The van der Waals surface area contributed by atoms with Crippen LogP contribution in [0.1, 0.15) is 24.8 Å². The molecule has 1 aromatic carbocycles. The van der Waals surface area contributed by atoms with Gasteiger partial charge in [-0.25, -0.2) is 0 Å². The second kappa shape index (κ2) is 10.2. The van der Waals surface area contributed by atoms with Gasteiger partial charge in [-0.15, -0.1) is 0 Å². The lowest BCUT2D eigenvalue weighted by molar-refractivity contribution is -0.138. The number of carboxylic acid groups (broad SMARTS) is 1. The third-order valence-corrected chi connectivity index (χ3v) is 4.64. The molecule has 2 rings (SSSR count). The van der Waals surface area contributed by atoms with Crippen LogP contribution in [-0.2, 0) is 14.3 Å². The highest BCUT2D eigenvalue weighted by molar-refractivity contribution is 6.32. The molecule has 148 valence electrons. The van der Waals surface area contributed by atoms with E-state index in [0.717, 1.165) is 0 Å². The average molecular weight is 398 g/mol. The molecular formula is C19H24ClNO6. The summed E-state index contributed by atoms with van der Waals surface area (Å²) in [4.78, 5) is 25.2. The quantitative estimate of drug-likeness (QED) is 0.679. The molecule has 1 amide bonds. The number of carboxylic acids is 1. The summed E-state index contributed by atoms with van der Waals surface area (Å²) < 4.78 is 15.8. The lowest BCUT2D eigenvalue weighted by atomic mass is 10.1. The number of methoxy groups -OCH3 is 2. The summed E-state index contributed by atoms with van der Waals surface area (Å²) in [6.45, 7) is 1.29. The number of carbonyl (C=O) groups is 2. The summed E-state index contributed by atoms with van der Waals surface area (Å²) in [5.74, 6) is -0.290. The molecule has 1 aromatic rings. The van der Waals surface area contributed by atoms with Crippen molar-refractivity contribution in [2.75, 3.05) is 34.0 Å². The van der Waals surface area contributed by atoms with Crippen molar-refractivity contribution in [1.82, 2.24) is 4.90 Å². The van der Waals surface area contributed by atoms with Crippen LogP contribution < -0.4 is 9.47 Å². The Balaban J connectivity index is 2.17. The second-order valence-electron chi connectivity index (χ2n) is 6.09. The number of hydrogen-bond donors (Lipinski definition) is 1. The van der Waals surface area contributed by atoms with Crippen molar-refractivity contribution < 1.29 is 28.9 Å². The normalized spacial score (nSPS) is 14.9. The van der Waals surface area contributed by atoms with E-state index in [0.29, 0.717) is 48.1 Å². The Morgan fingerprint density at radius 1 is 1.30 bits per heavy atom. The van der Waals surface area contributed by atoms with Crippen molar-refractivity contribution in [3.8, 4) is 11.5 Å². The van der Waals surface area contributed by atoms with Crippen LogP contribution in [0.2, 0.25) is 5.02 Å². The Kier molecular flexibility index (Phi) is 7.94. The smallest absolute Gasteiger partial charge is 0.305 e. The van der Waals surface area contributed by atoms with Gasteiger partial charge in [0.1, 0.15) is 0 Å². The first-order chi connectivity index (χ1) is 13.0. The van der Waals surface area contributed by atoms with E-state index in [2.05, 4.69) is 0 Å². The van der Waals surface area contributed by atoms with E-state index >= 15 is 0 Å². The fourth-order valence-corrected chi connectivity index (χ4v) is 3.28. The zero-order valence-corrected chi connectivity index (χ0v) is 16.2. The summed E-state index contributed by atoms with van der Waals surface area (Å²) in [6.07, 6.45) is 4.35. The zero-order valence-electron chi connectivity index (χ0n) is 15.4. The minimum absolute atomic E-state index is 0.0239.